The smallest absolute Gasteiger partial charge is 0.243 e. The van der Waals surface area contributed by atoms with Crippen molar-refractivity contribution in [2.75, 3.05) is 0 Å². The van der Waals surface area contributed by atoms with Crippen LogP contribution in [0.1, 0.15) is 96.8 Å². The molecule has 0 saturated heterocycles. The lowest BCUT2D eigenvalue weighted by Gasteiger charge is -2.02. The van der Waals surface area contributed by atoms with E-state index in [9.17, 15) is 4.79 Å². The van der Waals surface area contributed by atoms with Gasteiger partial charge in [0.2, 0.25) is 5.91 Å². The van der Waals surface area contributed by atoms with E-state index < -0.39 is 0 Å². The molecular weight excluding hydrogens is 238 g/mol. The molecule has 0 aliphatic rings. The first-order valence-corrected chi connectivity index (χ1v) is 8.24. The predicted molar refractivity (Wildman–Crippen MR) is 80.2 cm³/mol. The minimum atomic E-state index is -0.261. The Hall–Kier alpha value is -0.570. The maximum Gasteiger partial charge on any atom is 0.243 e. The molecule has 0 atom stereocenters. The molecule has 0 aliphatic heterocycles. The highest BCUT2D eigenvalue weighted by Gasteiger charge is 1.98. The van der Waals surface area contributed by atoms with Crippen LogP contribution in [0.15, 0.2) is 0 Å². The minimum Gasteiger partial charge on any atom is -0.289 e. The van der Waals surface area contributed by atoms with Gasteiger partial charge in [0.25, 0.3) is 0 Å². The molecule has 0 aromatic heterocycles. The van der Waals surface area contributed by atoms with Crippen molar-refractivity contribution in [3.63, 3.8) is 0 Å². The number of hydroxylamine groups is 1. The lowest BCUT2D eigenvalue weighted by molar-refractivity contribution is -0.129. The number of carbonyl (C=O) groups excluding carboxylic acids is 1. The summed E-state index contributed by atoms with van der Waals surface area (Å²) < 4.78 is 0. The third-order valence-electron chi connectivity index (χ3n) is 3.63. The Morgan fingerprint density at radius 1 is 0.737 bits per heavy atom. The summed E-state index contributed by atoms with van der Waals surface area (Å²) in [4.78, 5) is 10.8. The van der Waals surface area contributed by atoms with Gasteiger partial charge in [-0.15, -0.1) is 0 Å². The van der Waals surface area contributed by atoms with Gasteiger partial charge in [-0.05, 0) is 6.42 Å². The van der Waals surface area contributed by atoms with Crippen LogP contribution >= 0.6 is 0 Å². The molecule has 0 spiro atoms. The van der Waals surface area contributed by atoms with Crippen molar-refractivity contribution >= 4 is 5.91 Å². The Bertz CT molecular complexity index is 195. The summed E-state index contributed by atoms with van der Waals surface area (Å²) in [5, 5.41) is 8.33. The van der Waals surface area contributed by atoms with Gasteiger partial charge in [0.1, 0.15) is 0 Å². The average molecular weight is 271 g/mol. The van der Waals surface area contributed by atoms with Crippen LogP contribution in [0.3, 0.4) is 0 Å². The molecule has 0 bridgehead atoms. The van der Waals surface area contributed by atoms with E-state index in [0.29, 0.717) is 6.42 Å². The van der Waals surface area contributed by atoms with Crippen molar-refractivity contribution < 1.29 is 10.0 Å². The first-order valence-electron chi connectivity index (χ1n) is 8.24. The van der Waals surface area contributed by atoms with E-state index in [-0.39, 0.29) is 5.91 Å². The minimum absolute atomic E-state index is 0.261. The first kappa shape index (κ1) is 18.4. The second-order valence-electron chi connectivity index (χ2n) is 5.53. The summed E-state index contributed by atoms with van der Waals surface area (Å²) in [7, 11) is 0. The zero-order valence-electron chi connectivity index (χ0n) is 12.8. The summed E-state index contributed by atoms with van der Waals surface area (Å²) in [6.45, 7) is 2.26. The fraction of sp³-hybridized carbons (Fsp3) is 0.938. The third-order valence-corrected chi connectivity index (χ3v) is 3.63. The highest BCUT2D eigenvalue weighted by molar-refractivity contribution is 5.74. The lowest BCUT2D eigenvalue weighted by Crippen LogP contribution is -2.17. The summed E-state index contributed by atoms with van der Waals surface area (Å²) in [6.07, 6.45) is 17.4. The maximum absolute atomic E-state index is 10.8. The molecular formula is C16H33NO2. The molecule has 3 nitrogen and oxygen atoms in total. The predicted octanol–water partition coefficient (Wildman–Crippen LogP) is 4.97. The van der Waals surface area contributed by atoms with E-state index in [1.165, 1.54) is 70.6 Å². The second kappa shape index (κ2) is 15.5. The van der Waals surface area contributed by atoms with Crippen molar-refractivity contribution in [2.45, 2.75) is 96.8 Å². The van der Waals surface area contributed by atoms with Crippen LogP contribution in [0.25, 0.3) is 0 Å². The molecule has 2 N–H and O–H groups in total. The van der Waals surface area contributed by atoms with Gasteiger partial charge in [-0.3, -0.25) is 10.0 Å². The monoisotopic (exact) mass is 271 g/mol. The Morgan fingerprint density at radius 3 is 1.47 bits per heavy atom. The molecule has 1 amide bonds. The molecule has 114 valence electrons. The van der Waals surface area contributed by atoms with Crippen molar-refractivity contribution in [2.24, 2.45) is 0 Å². The molecule has 0 aromatic carbocycles. The Balaban J connectivity index is 2.97. The van der Waals surface area contributed by atoms with E-state index in [1.54, 1.807) is 5.48 Å². The SMILES string of the molecule is CCCCCCCCCCCCCCCC(=O)NO. The van der Waals surface area contributed by atoms with Crippen LogP contribution in [-0.2, 0) is 4.79 Å². The topological polar surface area (TPSA) is 49.3 Å². The van der Waals surface area contributed by atoms with Crippen molar-refractivity contribution in [3.05, 3.63) is 0 Å². The molecule has 0 saturated carbocycles. The van der Waals surface area contributed by atoms with Crippen LogP contribution in [0.5, 0.6) is 0 Å². The van der Waals surface area contributed by atoms with Crippen LogP contribution in [-0.4, -0.2) is 11.1 Å². The fourth-order valence-corrected chi connectivity index (χ4v) is 2.36. The summed E-state index contributed by atoms with van der Waals surface area (Å²) in [5.74, 6) is -0.261. The summed E-state index contributed by atoms with van der Waals surface area (Å²) >= 11 is 0. The zero-order chi connectivity index (χ0) is 14.2. The van der Waals surface area contributed by atoms with Gasteiger partial charge in [-0.1, -0.05) is 84.0 Å². The van der Waals surface area contributed by atoms with Gasteiger partial charge < -0.3 is 0 Å². The molecule has 0 aliphatic carbocycles. The number of hydrogen-bond donors (Lipinski definition) is 2. The molecule has 0 heterocycles. The molecule has 19 heavy (non-hydrogen) atoms. The second-order valence-corrected chi connectivity index (χ2v) is 5.53. The Kier molecular flexibility index (Phi) is 15.0. The highest BCUT2D eigenvalue weighted by Crippen LogP contribution is 2.12. The molecule has 0 rings (SSSR count). The van der Waals surface area contributed by atoms with Crippen molar-refractivity contribution in [1.29, 1.82) is 0 Å². The van der Waals surface area contributed by atoms with Crippen LogP contribution in [0, 0.1) is 0 Å². The van der Waals surface area contributed by atoms with Gasteiger partial charge in [-0.2, -0.15) is 0 Å². The van der Waals surface area contributed by atoms with Crippen molar-refractivity contribution in [1.82, 2.24) is 5.48 Å². The summed E-state index contributed by atoms with van der Waals surface area (Å²) in [5.41, 5.74) is 1.67. The zero-order valence-corrected chi connectivity index (χ0v) is 12.8. The van der Waals surface area contributed by atoms with Crippen LogP contribution in [0.4, 0.5) is 0 Å². The Morgan fingerprint density at radius 2 is 1.11 bits per heavy atom. The highest BCUT2D eigenvalue weighted by atomic mass is 16.5. The number of carbonyl (C=O) groups is 1. The quantitative estimate of drug-likeness (QED) is 0.266. The molecule has 0 aromatic rings. The average Bonchev–Trinajstić information content (AvgIpc) is 2.43. The van der Waals surface area contributed by atoms with Gasteiger partial charge in [0.05, 0.1) is 0 Å². The number of hydrogen-bond acceptors (Lipinski definition) is 2. The Labute approximate surface area is 119 Å². The van der Waals surface area contributed by atoms with Crippen LogP contribution < -0.4 is 5.48 Å². The van der Waals surface area contributed by atoms with E-state index in [2.05, 4.69) is 6.92 Å². The van der Waals surface area contributed by atoms with Crippen LogP contribution in [0.2, 0.25) is 0 Å². The van der Waals surface area contributed by atoms with E-state index in [0.717, 1.165) is 12.8 Å². The maximum atomic E-state index is 10.8. The van der Waals surface area contributed by atoms with Gasteiger partial charge in [-0.25, -0.2) is 5.48 Å². The molecule has 0 radical (unpaired) electrons. The lowest BCUT2D eigenvalue weighted by atomic mass is 10.0. The molecule has 0 unspecified atom stereocenters. The summed E-state index contributed by atoms with van der Waals surface area (Å²) in [6, 6.07) is 0. The number of nitrogens with one attached hydrogen (secondary N) is 1. The largest absolute Gasteiger partial charge is 0.289 e. The normalized spacial score (nSPS) is 10.6. The van der Waals surface area contributed by atoms with Crippen molar-refractivity contribution in [3.8, 4) is 0 Å². The molecule has 0 fully saturated rings. The standard InChI is InChI=1S/C16H33NO2/c1-2-3-4-5-6-7-8-9-10-11-12-13-14-15-16(18)17-19/h19H,2-15H2,1H3,(H,17,18). The van der Waals surface area contributed by atoms with Gasteiger partial charge >= 0.3 is 0 Å². The van der Waals surface area contributed by atoms with Gasteiger partial charge in [0.15, 0.2) is 0 Å². The van der Waals surface area contributed by atoms with E-state index in [1.807, 2.05) is 0 Å². The number of rotatable bonds is 14. The van der Waals surface area contributed by atoms with E-state index >= 15 is 0 Å². The fourth-order valence-electron chi connectivity index (χ4n) is 2.36. The number of amides is 1. The molecule has 3 heteroatoms. The third kappa shape index (κ3) is 15.4. The first-order chi connectivity index (χ1) is 9.31. The van der Waals surface area contributed by atoms with E-state index in [4.69, 9.17) is 5.21 Å². The number of unbranched alkanes of at least 4 members (excludes halogenated alkanes) is 12. The van der Waals surface area contributed by atoms with Gasteiger partial charge in [0, 0.05) is 6.42 Å².